The summed E-state index contributed by atoms with van der Waals surface area (Å²) in [5.41, 5.74) is 0.0813. The molecule has 0 radical (unpaired) electrons. The molecule has 0 amide bonds. The van der Waals surface area contributed by atoms with Crippen LogP contribution in [0.3, 0.4) is 0 Å². The third kappa shape index (κ3) is 3.28. The first-order valence-corrected chi connectivity index (χ1v) is 10.2. The number of Topliss-reactive ketones (excluding diaryl/α,β-unsaturated/α-hetero) is 1. The predicted octanol–water partition coefficient (Wildman–Crippen LogP) is 3.24. The molecule has 5 nitrogen and oxygen atoms in total. The molecule has 150 valence electrons. The molecular weight excluding hydrogens is 344 g/mol. The maximum Gasteiger partial charge on any atom is 0.302 e. The smallest absolute Gasteiger partial charge is 0.302 e. The number of aliphatic hydroxyl groups is 1. The van der Waals surface area contributed by atoms with E-state index in [4.69, 9.17) is 4.74 Å². The first-order chi connectivity index (χ1) is 12.7. The molecular formula is C22H32O5. The van der Waals surface area contributed by atoms with E-state index in [1.165, 1.54) is 6.92 Å². The maximum absolute atomic E-state index is 13.2. The van der Waals surface area contributed by atoms with Crippen molar-refractivity contribution in [2.24, 2.45) is 28.6 Å². The van der Waals surface area contributed by atoms with Crippen LogP contribution in [0, 0.1) is 28.6 Å². The van der Waals surface area contributed by atoms with Gasteiger partial charge in [0.2, 0.25) is 0 Å². The van der Waals surface area contributed by atoms with Crippen molar-refractivity contribution in [3.63, 3.8) is 0 Å². The van der Waals surface area contributed by atoms with Gasteiger partial charge in [-0.2, -0.15) is 0 Å². The molecule has 3 rings (SSSR count). The Bertz CT molecular complexity index is 680. The van der Waals surface area contributed by atoms with Crippen LogP contribution in [-0.2, 0) is 19.1 Å². The molecule has 5 heteroatoms. The fourth-order valence-electron chi connectivity index (χ4n) is 6.02. The van der Waals surface area contributed by atoms with Gasteiger partial charge in [0.25, 0.3) is 0 Å². The fraction of sp³-hybridized carbons (Fsp3) is 0.773. The monoisotopic (exact) mass is 376 g/mol. The second-order valence-corrected chi connectivity index (χ2v) is 9.32. The SMILES string of the molecule is CCCC1C2C(=O)C=C3C[C@@H](OC(C)=O)CC[C@]3(C)C2C(=O)C[C@]1(C)CO. The summed E-state index contributed by atoms with van der Waals surface area (Å²) < 4.78 is 5.38. The summed E-state index contributed by atoms with van der Waals surface area (Å²) in [6, 6.07) is 0. The predicted molar refractivity (Wildman–Crippen MR) is 101 cm³/mol. The number of carbonyl (C=O) groups is 3. The van der Waals surface area contributed by atoms with Crippen molar-refractivity contribution in [1.82, 2.24) is 0 Å². The van der Waals surface area contributed by atoms with Gasteiger partial charge in [-0.3, -0.25) is 14.4 Å². The normalized spacial score (nSPS) is 41.4. The minimum absolute atomic E-state index is 0.0159. The summed E-state index contributed by atoms with van der Waals surface area (Å²) in [6.45, 7) is 7.48. The number of esters is 1. The lowest BCUT2D eigenvalue weighted by atomic mass is 9.46. The van der Waals surface area contributed by atoms with Crippen LogP contribution in [0.15, 0.2) is 11.6 Å². The Morgan fingerprint density at radius 3 is 2.63 bits per heavy atom. The second kappa shape index (κ2) is 7.16. The fourth-order valence-corrected chi connectivity index (χ4v) is 6.02. The summed E-state index contributed by atoms with van der Waals surface area (Å²) in [5, 5.41) is 10.0. The molecule has 0 aromatic carbocycles. The molecule has 0 aromatic rings. The van der Waals surface area contributed by atoms with Gasteiger partial charge in [0.05, 0.1) is 0 Å². The van der Waals surface area contributed by atoms with Crippen molar-refractivity contribution >= 4 is 17.5 Å². The molecule has 2 saturated carbocycles. The van der Waals surface area contributed by atoms with Crippen molar-refractivity contribution in [2.45, 2.75) is 72.3 Å². The lowest BCUT2D eigenvalue weighted by molar-refractivity contribution is -0.158. The van der Waals surface area contributed by atoms with Crippen molar-refractivity contribution < 1.29 is 24.2 Å². The van der Waals surface area contributed by atoms with Gasteiger partial charge >= 0.3 is 5.97 Å². The maximum atomic E-state index is 13.2. The Balaban J connectivity index is 2.00. The number of ether oxygens (including phenoxy) is 1. The summed E-state index contributed by atoms with van der Waals surface area (Å²) in [6.07, 6.45) is 5.61. The van der Waals surface area contributed by atoms with Crippen LogP contribution in [0.1, 0.15) is 66.2 Å². The van der Waals surface area contributed by atoms with E-state index in [2.05, 4.69) is 13.8 Å². The van der Waals surface area contributed by atoms with Gasteiger partial charge in [-0.25, -0.2) is 0 Å². The number of fused-ring (bicyclic) bond motifs is 3. The lowest BCUT2D eigenvalue weighted by Gasteiger charge is -2.56. The summed E-state index contributed by atoms with van der Waals surface area (Å²) in [4.78, 5) is 37.7. The number of allylic oxidation sites excluding steroid dienone is 1. The molecule has 0 spiro atoms. The first kappa shape index (κ1) is 20.2. The average Bonchev–Trinajstić information content (AvgIpc) is 2.58. The van der Waals surface area contributed by atoms with Crippen molar-refractivity contribution in [2.75, 3.05) is 6.61 Å². The van der Waals surface area contributed by atoms with Crippen LogP contribution < -0.4 is 0 Å². The molecule has 3 aliphatic carbocycles. The van der Waals surface area contributed by atoms with Crippen molar-refractivity contribution in [3.05, 3.63) is 11.6 Å². The number of rotatable bonds is 4. The van der Waals surface area contributed by atoms with Gasteiger partial charge < -0.3 is 9.84 Å². The first-order valence-electron chi connectivity index (χ1n) is 10.2. The van der Waals surface area contributed by atoms with Gasteiger partial charge in [0.1, 0.15) is 11.9 Å². The second-order valence-electron chi connectivity index (χ2n) is 9.32. The number of carbonyl (C=O) groups excluding carboxylic acids is 3. The zero-order valence-corrected chi connectivity index (χ0v) is 16.9. The van der Waals surface area contributed by atoms with Gasteiger partial charge in [0, 0.05) is 43.6 Å². The van der Waals surface area contributed by atoms with Crippen LogP contribution in [-0.4, -0.2) is 35.4 Å². The Hall–Kier alpha value is -1.49. The van der Waals surface area contributed by atoms with Crippen LogP contribution >= 0.6 is 0 Å². The highest BCUT2D eigenvalue weighted by atomic mass is 16.5. The molecule has 0 heterocycles. The standard InChI is InChI=1S/C22H32O5/c1-5-6-16-19-17(25)10-14-9-15(27-13(2)24)7-8-22(14,4)20(19)18(26)11-21(16,3)12-23/h10,15-16,19-20,23H,5-9,11-12H2,1-4H3/t15-,16?,19?,20?,21+,22-/m0/s1. The number of hydrogen-bond acceptors (Lipinski definition) is 5. The number of aliphatic hydroxyl groups excluding tert-OH is 1. The van der Waals surface area contributed by atoms with E-state index in [1.807, 2.05) is 6.92 Å². The van der Waals surface area contributed by atoms with Crippen molar-refractivity contribution in [3.8, 4) is 0 Å². The quantitative estimate of drug-likeness (QED) is 0.762. The van der Waals surface area contributed by atoms with Crippen molar-refractivity contribution in [1.29, 1.82) is 0 Å². The van der Waals surface area contributed by atoms with Crippen LogP contribution in [0.4, 0.5) is 0 Å². The van der Waals surface area contributed by atoms with E-state index < -0.39 is 5.41 Å². The Kier molecular flexibility index (Phi) is 5.37. The molecule has 2 fully saturated rings. The Morgan fingerprint density at radius 1 is 1.33 bits per heavy atom. The molecule has 1 N–H and O–H groups in total. The average molecular weight is 376 g/mol. The Labute approximate surface area is 161 Å². The van der Waals surface area contributed by atoms with E-state index in [9.17, 15) is 19.5 Å². The molecule has 0 aromatic heterocycles. The largest absolute Gasteiger partial charge is 0.462 e. The molecule has 3 unspecified atom stereocenters. The summed E-state index contributed by atoms with van der Waals surface area (Å²) in [5.74, 6) is -0.830. The summed E-state index contributed by atoms with van der Waals surface area (Å²) in [7, 11) is 0. The van der Waals surface area contributed by atoms with Crippen LogP contribution in [0.25, 0.3) is 0 Å². The zero-order chi connectivity index (χ0) is 20.0. The molecule has 0 bridgehead atoms. The van der Waals surface area contributed by atoms with E-state index in [-0.39, 0.29) is 53.4 Å². The molecule has 6 atom stereocenters. The highest BCUT2D eigenvalue weighted by Crippen LogP contribution is 2.60. The minimum atomic E-state index is -0.527. The highest BCUT2D eigenvalue weighted by molar-refractivity contribution is 6.00. The highest BCUT2D eigenvalue weighted by Gasteiger charge is 2.60. The topological polar surface area (TPSA) is 80.7 Å². The molecule has 27 heavy (non-hydrogen) atoms. The van der Waals surface area contributed by atoms with Gasteiger partial charge in [-0.15, -0.1) is 0 Å². The van der Waals surface area contributed by atoms with E-state index in [0.29, 0.717) is 19.3 Å². The van der Waals surface area contributed by atoms with E-state index >= 15 is 0 Å². The molecule has 0 saturated heterocycles. The number of hydrogen-bond donors (Lipinski definition) is 1. The van der Waals surface area contributed by atoms with E-state index in [1.54, 1.807) is 6.08 Å². The lowest BCUT2D eigenvalue weighted by Crippen LogP contribution is -2.58. The third-order valence-corrected chi connectivity index (χ3v) is 7.40. The van der Waals surface area contributed by atoms with Crippen LogP contribution in [0.5, 0.6) is 0 Å². The Morgan fingerprint density at radius 2 is 2.04 bits per heavy atom. The third-order valence-electron chi connectivity index (χ3n) is 7.40. The van der Waals surface area contributed by atoms with Crippen LogP contribution in [0.2, 0.25) is 0 Å². The molecule has 3 aliphatic rings. The zero-order valence-electron chi connectivity index (χ0n) is 16.9. The van der Waals surface area contributed by atoms with Gasteiger partial charge in [0.15, 0.2) is 5.78 Å². The van der Waals surface area contributed by atoms with E-state index in [0.717, 1.165) is 24.8 Å². The minimum Gasteiger partial charge on any atom is -0.462 e. The van der Waals surface area contributed by atoms with Gasteiger partial charge in [-0.1, -0.05) is 32.8 Å². The summed E-state index contributed by atoms with van der Waals surface area (Å²) >= 11 is 0. The van der Waals surface area contributed by atoms with Gasteiger partial charge in [-0.05, 0) is 36.7 Å². The number of ketones is 2. The molecule has 0 aliphatic heterocycles.